The molecule has 2 heterocycles. The van der Waals surface area contributed by atoms with Crippen LogP contribution in [0.5, 0.6) is 0 Å². The lowest BCUT2D eigenvalue weighted by molar-refractivity contribution is -0.123. The highest BCUT2D eigenvalue weighted by Crippen LogP contribution is 2.05. The number of nitrogens with one attached hydrogen (secondary N) is 2. The van der Waals surface area contributed by atoms with E-state index in [2.05, 4.69) is 16.9 Å². The average Bonchev–Trinajstić information content (AvgIpc) is 2.94. The van der Waals surface area contributed by atoms with E-state index in [1.54, 1.807) is 28.8 Å². The van der Waals surface area contributed by atoms with Crippen LogP contribution < -0.4 is 10.6 Å². The Hall–Kier alpha value is -3.16. The second kappa shape index (κ2) is 7.02. The lowest BCUT2D eigenvalue weighted by atomic mass is 10.5. The molecule has 0 fully saturated rings. The standard InChI is InChI=1S/C14H14N4O4/c1-2-6-15-14(21)17-12(19)9-22-13(20)10-8-18-7-4-3-5-11(18)16-10/h2-5,7-8H,1,6,9H2,(H2,15,17,19,21). The molecule has 3 amide bonds. The van der Waals surface area contributed by atoms with E-state index in [-0.39, 0.29) is 12.2 Å². The van der Waals surface area contributed by atoms with Gasteiger partial charge in [0.15, 0.2) is 12.3 Å². The van der Waals surface area contributed by atoms with Crippen molar-refractivity contribution in [3.63, 3.8) is 0 Å². The van der Waals surface area contributed by atoms with Crippen LogP contribution in [0.2, 0.25) is 0 Å². The molecule has 0 atom stereocenters. The average molecular weight is 302 g/mol. The number of fused-ring (bicyclic) bond motifs is 1. The zero-order valence-corrected chi connectivity index (χ0v) is 11.6. The van der Waals surface area contributed by atoms with Gasteiger partial charge < -0.3 is 14.5 Å². The van der Waals surface area contributed by atoms with E-state index in [9.17, 15) is 14.4 Å². The van der Waals surface area contributed by atoms with Crippen LogP contribution in [0.1, 0.15) is 10.5 Å². The van der Waals surface area contributed by atoms with Crippen LogP contribution in [0.25, 0.3) is 5.65 Å². The van der Waals surface area contributed by atoms with E-state index < -0.39 is 24.5 Å². The quantitative estimate of drug-likeness (QED) is 0.618. The number of ether oxygens (including phenoxy) is 1. The first-order chi connectivity index (χ1) is 10.6. The van der Waals surface area contributed by atoms with E-state index in [1.807, 2.05) is 5.32 Å². The molecule has 8 heteroatoms. The fourth-order valence-electron chi connectivity index (χ4n) is 1.61. The highest BCUT2D eigenvalue weighted by Gasteiger charge is 2.15. The molecule has 2 rings (SSSR count). The number of pyridine rings is 1. The van der Waals surface area contributed by atoms with Crippen LogP contribution >= 0.6 is 0 Å². The summed E-state index contributed by atoms with van der Waals surface area (Å²) in [5.41, 5.74) is 0.665. The van der Waals surface area contributed by atoms with Gasteiger partial charge in [-0.15, -0.1) is 6.58 Å². The molecule has 22 heavy (non-hydrogen) atoms. The molecule has 0 saturated carbocycles. The lowest BCUT2D eigenvalue weighted by Crippen LogP contribution is -2.41. The molecular weight excluding hydrogens is 288 g/mol. The molecule has 0 radical (unpaired) electrons. The third kappa shape index (κ3) is 3.92. The Bertz CT molecular complexity index is 689. The molecule has 8 nitrogen and oxygen atoms in total. The van der Waals surface area contributed by atoms with Gasteiger partial charge in [-0.3, -0.25) is 10.1 Å². The number of hydrogen-bond acceptors (Lipinski definition) is 5. The Kier molecular flexibility index (Phi) is 4.86. The van der Waals surface area contributed by atoms with Crippen molar-refractivity contribution >= 4 is 23.6 Å². The minimum Gasteiger partial charge on any atom is -0.451 e. The molecule has 2 aromatic heterocycles. The first kappa shape index (κ1) is 15.2. The molecule has 0 spiro atoms. The van der Waals surface area contributed by atoms with Crippen LogP contribution in [-0.4, -0.2) is 40.4 Å². The minimum absolute atomic E-state index is 0.0788. The van der Waals surface area contributed by atoms with Gasteiger partial charge in [-0.1, -0.05) is 12.1 Å². The third-order valence-electron chi connectivity index (χ3n) is 2.57. The number of carbonyl (C=O) groups excluding carboxylic acids is 3. The van der Waals surface area contributed by atoms with E-state index in [1.165, 1.54) is 12.3 Å². The van der Waals surface area contributed by atoms with Crippen LogP contribution in [-0.2, 0) is 9.53 Å². The normalized spacial score (nSPS) is 10.0. The van der Waals surface area contributed by atoms with Crippen LogP contribution in [0.15, 0.2) is 43.2 Å². The molecule has 0 aliphatic heterocycles. The van der Waals surface area contributed by atoms with Crippen molar-refractivity contribution in [3.05, 3.63) is 48.9 Å². The van der Waals surface area contributed by atoms with Crippen molar-refractivity contribution in [2.24, 2.45) is 0 Å². The highest BCUT2D eigenvalue weighted by atomic mass is 16.5. The molecule has 0 aliphatic carbocycles. The number of aromatic nitrogens is 2. The molecule has 0 aromatic carbocycles. The van der Waals surface area contributed by atoms with Gasteiger partial charge in [0, 0.05) is 18.9 Å². The van der Waals surface area contributed by atoms with Crippen molar-refractivity contribution in [1.82, 2.24) is 20.0 Å². The van der Waals surface area contributed by atoms with Crippen LogP contribution in [0.4, 0.5) is 4.79 Å². The number of imide groups is 1. The molecule has 0 bridgehead atoms. The Morgan fingerprint density at radius 1 is 1.36 bits per heavy atom. The summed E-state index contributed by atoms with van der Waals surface area (Å²) in [5.74, 6) is -1.48. The SMILES string of the molecule is C=CCNC(=O)NC(=O)COC(=O)c1cn2ccccc2n1. The molecule has 0 aliphatic rings. The first-order valence-corrected chi connectivity index (χ1v) is 6.39. The predicted molar refractivity (Wildman–Crippen MR) is 77.2 cm³/mol. The van der Waals surface area contributed by atoms with E-state index >= 15 is 0 Å². The van der Waals surface area contributed by atoms with E-state index in [0.717, 1.165) is 0 Å². The molecular formula is C14H14N4O4. The minimum atomic E-state index is -0.745. The maximum atomic E-state index is 11.8. The Morgan fingerprint density at radius 3 is 2.91 bits per heavy atom. The number of nitrogens with zero attached hydrogens (tertiary/aromatic N) is 2. The summed E-state index contributed by atoms with van der Waals surface area (Å²) in [4.78, 5) is 38.5. The van der Waals surface area contributed by atoms with Crippen molar-refractivity contribution in [1.29, 1.82) is 0 Å². The topological polar surface area (TPSA) is 102 Å². The second-order valence-corrected chi connectivity index (χ2v) is 4.22. The summed E-state index contributed by atoms with van der Waals surface area (Å²) in [6.45, 7) is 3.06. The number of hydrogen-bond donors (Lipinski definition) is 2. The van der Waals surface area contributed by atoms with E-state index in [4.69, 9.17) is 4.74 Å². The van der Waals surface area contributed by atoms with Gasteiger partial charge in [0.25, 0.3) is 5.91 Å². The second-order valence-electron chi connectivity index (χ2n) is 4.22. The van der Waals surface area contributed by atoms with Gasteiger partial charge in [0.1, 0.15) is 5.65 Å². The van der Waals surface area contributed by atoms with Crippen molar-refractivity contribution in [3.8, 4) is 0 Å². The van der Waals surface area contributed by atoms with Gasteiger partial charge >= 0.3 is 12.0 Å². The largest absolute Gasteiger partial charge is 0.451 e. The lowest BCUT2D eigenvalue weighted by Gasteiger charge is -2.05. The molecule has 2 aromatic rings. The van der Waals surface area contributed by atoms with Crippen LogP contribution in [0.3, 0.4) is 0 Å². The van der Waals surface area contributed by atoms with Gasteiger partial charge in [-0.2, -0.15) is 0 Å². The molecule has 0 unspecified atom stereocenters. The maximum Gasteiger partial charge on any atom is 0.359 e. The number of esters is 1. The number of imidazole rings is 1. The fourth-order valence-corrected chi connectivity index (χ4v) is 1.61. The van der Waals surface area contributed by atoms with E-state index in [0.29, 0.717) is 5.65 Å². The maximum absolute atomic E-state index is 11.8. The molecule has 0 saturated heterocycles. The van der Waals surface area contributed by atoms with Gasteiger partial charge in [0.05, 0.1) is 0 Å². The predicted octanol–water partition coefficient (Wildman–Crippen LogP) is 0.503. The number of rotatable bonds is 5. The van der Waals surface area contributed by atoms with Crippen molar-refractivity contribution in [2.45, 2.75) is 0 Å². The van der Waals surface area contributed by atoms with Crippen molar-refractivity contribution < 1.29 is 19.1 Å². The van der Waals surface area contributed by atoms with Crippen LogP contribution in [0, 0.1) is 0 Å². The summed E-state index contributed by atoms with van der Waals surface area (Å²) < 4.78 is 6.45. The highest BCUT2D eigenvalue weighted by molar-refractivity contribution is 5.96. The Balaban J connectivity index is 1.85. The summed E-state index contributed by atoms with van der Waals surface area (Å²) >= 11 is 0. The molecule has 2 N–H and O–H groups in total. The molecule has 114 valence electrons. The first-order valence-electron chi connectivity index (χ1n) is 6.39. The summed E-state index contributed by atoms with van der Waals surface area (Å²) in [7, 11) is 0. The number of carbonyl (C=O) groups is 3. The zero-order chi connectivity index (χ0) is 15.9. The number of urea groups is 1. The monoisotopic (exact) mass is 302 g/mol. The fraction of sp³-hybridized carbons (Fsp3) is 0.143. The Morgan fingerprint density at radius 2 is 2.18 bits per heavy atom. The zero-order valence-electron chi connectivity index (χ0n) is 11.6. The Labute approximate surface area is 125 Å². The van der Waals surface area contributed by atoms with Gasteiger partial charge in [-0.25, -0.2) is 14.6 Å². The summed E-state index contributed by atoms with van der Waals surface area (Å²) in [6.07, 6.45) is 4.69. The number of amides is 3. The summed E-state index contributed by atoms with van der Waals surface area (Å²) in [6, 6.07) is 4.62. The smallest absolute Gasteiger partial charge is 0.359 e. The third-order valence-corrected chi connectivity index (χ3v) is 2.57. The van der Waals surface area contributed by atoms with Crippen molar-refractivity contribution in [2.75, 3.05) is 13.2 Å². The van der Waals surface area contributed by atoms with Gasteiger partial charge in [0.2, 0.25) is 0 Å². The van der Waals surface area contributed by atoms with Gasteiger partial charge in [-0.05, 0) is 12.1 Å². The summed E-state index contributed by atoms with van der Waals surface area (Å²) in [5, 5.41) is 4.36.